The Bertz CT molecular complexity index is 184. The third-order valence-electron chi connectivity index (χ3n) is 2.59. The molecule has 4 heteroatoms. The Balaban J connectivity index is 2.71. The Kier molecular flexibility index (Phi) is 3.69. The first kappa shape index (κ1) is 10.5. The first-order chi connectivity index (χ1) is 6.20. The van der Waals surface area contributed by atoms with Crippen molar-refractivity contribution in [3.63, 3.8) is 0 Å². The van der Waals surface area contributed by atoms with E-state index in [4.69, 9.17) is 5.11 Å². The summed E-state index contributed by atoms with van der Waals surface area (Å²) in [5, 5.41) is 12.0. The lowest BCUT2D eigenvalue weighted by molar-refractivity contribution is -0.135. The third kappa shape index (κ3) is 2.19. The molecular weight excluding hydrogens is 168 g/mol. The number of hydrogen-bond acceptors (Lipinski definition) is 3. The summed E-state index contributed by atoms with van der Waals surface area (Å²) in [4.78, 5) is 13.5. The first-order valence-corrected chi connectivity index (χ1v) is 4.85. The summed E-state index contributed by atoms with van der Waals surface area (Å²) in [6.07, 6.45) is 0.954. The fourth-order valence-electron chi connectivity index (χ4n) is 1.74. The van der Waals surface area contributed by atoms with Crippen LogP contribution in [0.5, 0.6) is 0 Å². The largest absolute Gasteiger partial charge is 0.394 e. The molecule has 13 heavy (non-hydrogen) atoms. The van der Waals surface area contributed by atoms with E-state index in [1.54, 1.807) is 0 Å². The van der Waals surface area contributed by atoms with E-state index >= 15 is 0 Å². The number of carbonyl (C=O) groups excluding carboxylic acids is 1. The maximum atomic E-state index is 11.7. The zero-order valence-corrected chi connectivity index (χ0v) is 8.29. The summed E-state index contributed by atoms with van der Waals surface area (Å²) < 4.78 is 0. The van der Waals surface area contributed by atoms with Gasteiger partial charge in [0.2, 0.25) is 5.91 Å². The van der Waals surface area contributed by atoms with Crippen molar-refractivity contribution in [2.75, 3.05) is 19.7 Å². The van der Waals surface area contributed by atoms with Gasteiger partial charge in [0, 0.05) is 12.6 Å². The van der Waals surface area contributed by atoms with E-state index in [9.17, 15) is 4.79 Å². The van der Waals surface area contributed by atoms with Crippen LogP contribution in [0, 0.1) is 0 Å². The van der Waals surface area contributed by atoms with E-state index in [1.807, 2.05) is 18.7 Å². The van der Waals surface area contributed by atoms with Crippen LogP contribution in [0.1, 0.15) is 20.3 Å². The zero-order chi connectivity index (χ0) is 9.84. The minimum Gasteiger partial charge on any atom is -0.394 e. The van der Waals surface area contributed by atoms with Gasteiger partial charge in [-0.15, -0.1) is 0 Å². The van der Waals surface area contributed by atoms with Crippen LogP contribution in [-0.2, 0) is 4.79 Å². The van der Waals surface area contributed by atoms with Gasteiger partial charge in [-0.25, -0.2) is 0 Å². The van der Waals surface area contributed by atoms with Crippen molar-refractivity contribution in [2.24, 2.45) is 0 Å². The number of nitrogens with zero attached hydrogens (tertiary/aromatic N) is 1. The van der Waals surface area contributed by atoms with Gasteiger partial charge in [-0.3, -0.25) is 4.79 Å². The van der Waals surface area contributed by atoms with Gasteiger partial charge in [-0.05, 0) is 26.8 Å². The predicted molar refractivity (Wildman–Crippen MR) is 50.3 cm³/mol. The molecule has 0 aliphatic carbocycles. The fraction of sp³-hybridized carbons (Fsp3) is 0.889. The SMILES string of the molecule is CCN1C(=O)C(CO)NCCC1C. The summed E-state index contributed by atoms with van der Waals surface area (Å²) in [6.45, 7) is 5.42. The number of aliphatic hydroxyl groups is 1. The van der Waals surface area contributed by atoms with Gasteiger partial charge in [0.15, 0.2) is 0 Å². The summed E-state index contributed by atoms with van der Waals surface area (Å²) in [5.41, 5.74) is 0. The van der Waals surface area contributed by atoms with Crippen molar-refractivity contribution in [3.8, 4) is 0 Å². The van der Waals surface area contributed by atoms with Crippen LogP contribution >= 0.6 is 0 Å². The summed E-state index contributed by atoms with van der Waals surface area (Å²) >= 11 is 0. The van der Waals surface area contributed by atoms with Crippen molar-refractivity contribution < 1.29 is 9.90 Å². The van der Waals surface area contributed by atoms with E-state index in [1.165, 1.54) is 0 Å². The lowest BCUT2D eigenvalue weighted by Gasteiger charge is -2.27. The van der Waals surface area contributed by atoms with E-state index in [0.29, 0.717) is 0 Å². The highest BCUT2D eigenvalue weighted by Crippen LogP contribution is 2.09. The number of rotatable bonds is 2. The van der Waals surface area contributed by atoms with Gasteiger partial charge in [0.25, 0.3) is 0 Å². The number of carbonyl (C=O) groups is 1. The molecule has 1 rings (SSSR count). The Morgan fingerprint density at radius 3 is 2.92 bits per heavy atom. The number of hydrogen-bond donors (Lipinski definition) is 2. The molecule has 76 valence electrons. The lowest BCUT2D eigenvalue weighted by atomic mass is 10.2. The fourth-order valence-corrected chi connectivity index (χ4v) is 1.74. The van der Waals surface area contributed by atoms with Crippen LogP contribution < -0.4 is 5.32 Å². The van der Waals surface area contributed by atoms with Crippen molar-refractivity contribution in [1.29, 1.82) is 0 Å². The average Bonchev–Trinajstić information content (AvgIpc) is 2.25. The maximum absolute atomic E-state index is 11.7. The van der Waals surface area contributed by atoms with Gasteiger partial charge in [-0.2, -0.15) is 0 Å². The van der Waals surface area contributed by atoms with Crippen molar-refractivity contribution in [3.05, 3.63) is 0 Å². The number of aliphatic hydroxyl groups excluding tert-OH is 1. The van der Waals surface area contributed by atoms with Crippen molar-refractivity contribution in [2.45, 2.75) is 32.4 Å². The highest BCUT2D eigenvalue weighted by molar-refractivity contribution is 5.82. The molecule has 2 atom stereocenters. The van der Waals surface area contributed by atoms with Gasteiger partial charge in [0.1, 0.15) is 6.04 Å². The molecule has 2 unspecified atom stereocenters. The Hall–Kier alpha value is -0.610. The molecule has 1 heterocycles. The normalized spacial score (nSPS) is 30.4. The number of likely N-dealkylation sites (N-methyl/N-ethyl adjacent to an activating group) is 1. The highest BCUT2D eigenvalue weighted by atomic mass is 16.3. The van der Waals surface area contributed by atoms with E-state index < -0.39 is 6.04 Å². The quantitative estimate of drug-likeness (QED) is 0.615. The molecule has 4 nitrogen and oxygen atoms in total. The molecule has 0 saturated carbocycles. The van der Waals surface area contributed by atoms with Gasteiger partial charge >= 0.3 is 0 Å². The molecule has 1 amide bonds. The molecule has 0 bridgehead atoms. The van der Waals surface area contributed by atoms with Crippen LogP contribution in [0.2, 0.25) is 0 Å². The van der Waals surface area contributed by atoms with E-state index in [0.717, 1.165) is 19.5 Å². The van der Waals surface area contributed by atoms with Gasteiger partial charge in [-0.1, -0.05) is 0 Å². The molecule has 0 aromatic carbocycles. The molecule has 0 aromatic heterocycles. The molecule has 2 N–H and O–H groups in total. The highest BCUT2D eigenvalue weighted by Gasteiger charge is 2.28. The number of nitrogens with one attached hydrogen (secondary N) is 1. The predicted octanol–water partition coefficient (Wildman–Crippen LogP) is -0.422. The molecule has 0 aromatic rings. The van der Waals surface area contributed by atoms with Gasteiger partial charge in [0.05, 0.1) is 6.61 Å². The van der Waals surface area contributed by atoms with Crippen molar-refractivity contribution >= 4 is 5.91 Å². The summed E-state index contributed by atoms with van der Waals surface area (Å²) in [6, 6.07) is -0.119. The average molecular weight is 186 g/mol. The molecular formula is C9H18N2O2. The van der Waals surface area contributed by atoms with Gasteiger partial charge < -0.3 is 15.3 Å². The first-order valence-electron chi connectivity index (χ1n) is 4.85. The molecule has 0 spiro atoms. The Labute approximate surface area is 78.9 Å². The molecule has 1 saturated heterocycles. The second-order valence-corrected chi connectivity index (χ2v) is 3.45. The standard InChI is InChI=1S/C9H18N2O2/c1-3-11-7(2)4-5-10-8(6-12)9(11)13/h7-8,10,12H,3-6H2,1-2H3. The third-order valence-corrected chi connectivity index (χ3v) is 2.59. The van der Waals surface area contributed by atoms with Crippen LogP contribution in [0.25, 0.3) is 0 Å². The second kappa shape index (κ2) is 4.58. The van der Waals surface area contributed by atoms with E-state index in [2.05, 4.69) is 5.32 Å². The summed E-state index contributed by atoms with van der Waals surface area (Å²) in [5.74, 6) is 0.0231. The second-order valence-electron chi connectivity index (χ2n) is 3.45. The maximum Gasteiger partial charge on any atom is 0.242 e. The monoisotopic (exact) mass is 186 g/mol. The lowest BCUT2D eigenvalue weighted by Crippen LogP contribution is -2.47. The van der Waals surface area contributed by atoms with Crippen LogP contribution in [0.15, 0.2) is 0 Å². The minimum atomic E-state index is -0.398. The van der Waals surface area contributed by atoms with Crippen molar-refractivity contribution in [1.82, 2.24) is 10.2 Å². The van der Waals surface area contributed by atoms with E-state index in [-0.39, 0.29) is 18.6 Å². The molecule has 1 aliphatic heterocycles. The van der Waals surface area contributed by atoms with Crippen LogP contribution in [-0.4, -0.2) is 47.7 Å². The number of amides is 1. The van der Waals surface area contributed by atoms with Crippen LogP contribution in [0.3, 0.4) is 0 Å². The Morgan fingerprint density at radius 1 is 1.69 bits per heavy atom. The molecule has 1 fully saturated rings. The smallest absolute Gasteiger partial charge is 0.242 e. The summed E-state index contributed by atoms with van der Waals surface area (Å²) in [7, 11) is 0. The van der Waals surface area contributed by atoms with Crippen LogP contribution in [0.4, 0.5) is 0 Å². The topological polar surface area (TPSA) is 52.6 Å². The molecule has 0 radical (unpaired) electrons. The Morgan fingerprint density at radius 2 is 2.38 bits per heavy atom. The molecule has 1 aliphatic rings. The minimum absolute atomic E-state index is 0.0231. The zero-order valence-electron chi connectivity index (χ0n) is 8.29.